The Hall–Kier alpha value is -3.53. The number of rotatable bonds is 11. The molecule has 2 unspecified atom stereocenters. The maximum atomic E-state index is 15.1. The first-order valence-corrected chi connectivity index (χ1v) is 16.6. The van der Waals surface area contributed by atoms with Crippen molar-refractivity contribution in [3.63, 3.8) is 0 Å². The molecule has 2 aliphatic rings. The summed E-state index contributed by atoms with van der Waals surface area (Å²) < 4.78 is 196. The van der Waals surface area contributed by atoms with Crippen molar-refractivity contribution in [2.24, 2.45) is 17.8 Å². The van der Waals surface area contributed by atoms with E-state index >= 15 is 17.6 Å². The van der Waals surface area contributed by atoms with Crippen LogP contribution in [0.3, 0.4) is 0 Å². The number of halogens is 13. The van der Waals surface area contributed by atoms with Crippen LogP contribution in [0.1, 0.15) is 87.5 Å². The fourth-order valence-corrected chi connectivity index (χ4v) is 7.18. The molecule has 1 saturated carbocycles. The van der Waals surface area contributed by atoms with Crippen molar-refractivity contribution in [2.45, 2.75) is 89.4 Å². The zero-order chi connectivity index (χ0) is 38.2. The fraction of sp³-hybridized carbons (Fsp3) is 0.500. The summed E-state index contributed by atoms with van der Waals surface area (Å²) in [6, 6.07) is 1.10. The first-order valence-electron chi connectivity index (χ1n) is 16.6. The Kier molecular flexibility index (Phi) is 11.8. The maximum Gasteiger partial charge on any atom is 0.527 e. The van der Waals surface area contributed by atoms with Crippen LogP contribution in [0.4, 0.5) is 57.1 Å². The highest BCUT2D eigenvalue weighted by atomic mass is 19.4. The standard InChI is InChI=1S/C36H33F13O3/c1-2-3-4-18-5-7-19(8-6-18)20-9-10-30(50-17-20)21-11-26(39)32(27(40)12-21)34(43,44)51-23-15-24(37)31(25(38)16-23)22-13-28(41)33(29(42)14-22)35(45,46)52-36(47,48)49/h11-16,18-20,30H,2-10,17H2,1H3. The molecule has 0 N–H and O–H groups in total. The van der Waals surface area contributed by atoms with Crippen molar-refractivity contribution < 1.29 is 71.3 Å². The quantitative estimate of drug-likeness (QED) is 0.182. The normalized spacial score (nSPS) is 21.7. The molecule has 3 aromatic carbocycles. The van der Waals surface area contributed by atoms with Gasteiger partial charge in [-0.3, -0.25) is 0 Å². The van der Waals surface area contributed by atoms with E-state index in [9.17, 15) is 39.5 Å². The fourth-order valence-electron chi connectivity index (χ4n) is 7.18. The second-order valence-corrected chi connectivity index (χ2v) is 13.2. The number of ether oxygens (including phenoxy) is 3. The molecule has 16 heteroatoms. The number of hydrogen-bond acceptors (Lipinski definition) is 3. The van der Waals surface area contributed by atoms with Crippen molar-refractivity contribution in [1.29, 1.82) is 0 Å². The van der Waals surface area contributed by atoms with Gasteiger partial charge in [-0.1, -0.05) is 39.0 Å². The lowest BCUT2D eigenvalue weighted by Gasteiger charge is -2.38. The van der Waals surface area contributed by atoms with E-state index in [0.717, 1.165) is 38.0 Å². The van der Waals surface area contributed by atoms with Crippen molar-refractivity contribution in [3.05, 3.63) is 88.0 Å². The minimum atomic E-state index is -6.04. The molecule has 0 spiro atoms. The Bertz CT molecular complexity index is 1660. The molecule has 3 aromatic rings. The van der Waals surface area contributed by atoms with Crippen LogP contribution in [-0.4, -0.2) is 13.0 Å². The molecular weight excluding hydrogens is 727 g/mol. The third-order valence-electron chi connectivity index (χ3n) is 9.69. The van der Waals surface area contributed by atoms with Gasteiger partial charge in [-0.15, -0.1) is 13.2 Å². The lowest BCUT2D eigenvalue weighted by atomic mass is 9.72. The molecule has 0 aromatic heterocycles. The highest BCUT2D eigenvalue weighted by molar-refractivity contribution is 5.66. The van der Waals surface area contributed by atoms with Gasteiger partial charge >= 0.3 is 18.6 Å². The molecule has 1 saturated heterocycles. The molecule has 5 rings (SSSR count). The molecule has 0 bridgehead atoms. The predicted octanol–water partition coefficient (Wildman–Crippen LogP) is 12.4. The summed E-state index contributed by atoms with van der Waals surface area (Å²) in [6.07, 6.45) is -8.13. The van der Waals surface area contributed by atoms with Gasteiger partial charge in [-0.2, -0.15) is 17.6 Å². The van der Waals surface area contributed by atoms with Crippen LogP contribution in [0, 0.1) is 52.7 Å². The van der Waals surface area contributed by atoms with E-state index in [1.165, 1.54) is 12.8 Å². The number of unbranched alkanes of at least 4 members (excludes halogenated alkanes) is 1. The molecule has 1 aliphatic heterocycles. The summed E-state index contributed by atoms with van der Waals surface area (Å²) in [5.74, 6) is -11.9. The van der Waals surface area contributed by atoms with E-state index in [1.54, 1.807) is 0 Å². The van der Waals surface area contributed by atoms with Gasteiger partial charge in [-0.25, -0.2) is 31.1 Å². The van der Waals surface area contributed by atoms with E-state index in [0.29, 0.717) is 37.5 Å². The van der Waals surface area contributed by atoms with Crippen LogP contribution in [0.25, 0.3) is 11.1 Å². The molecule has 0 radical (unpaired) electrons. The third kappa shape index (κ3) is 8.97. The second kappa shape index (κ2) is 15.4. The summed E-state index contributed by atoms with van der Waals surface area (Å²) in [5.41, 5.74) is -7.02. The monoisotopic (exact) mass is 760 g/mol. The second-order valence-electron chi connectivity index (χ2n) is 13.2. The minimum Gasteiger partial charge on any atom is -0.429 e. The van der Waals surface area contributed by atoms with E-state index in [2.05, 4.69) is 16.4 Å². The highest BCUT2D eigenvalue weighted by Crippen LogP contribution is 2.44. The SMILES string of the molecule is CCCCC1CCC(C2CCC(c3cc(F)c(C(F)(F)Oc4cc(F)c(-c5cc(F)c(C(F)(F)OC(F)(F)F)c(F)c5)c(F)c4)c(F)c3)OC2)CC1. The Morgan fingerprint density at radius 2 is 1.15 bits per heavy atom. The van der Waals surface area contributed by atoms with Gasteiger partial charge in [0.05, 0.1) is 18.3 Å². The number of alkyl halides is 7. The third-order valence-corrected chi connectivity index (χ3v) is 9.69. The van der Waals surface area contributed by atoms with Gasteiger partial charge in [0.15, 0.2) is 0 Å². The minimum absolute atomic E-state index is 0.0362. The van der Waals surface area contributed by atoms with Crippen molar-refractivity contribution in [1.82, 2.24) is 0 Å². The zero-order valence-electron chi connectivity index (χ0n) is 27.5. The number of hydrogen-bond donors (Lipinski definition) is 0. The molecule has 286 valence electrons. The summed E-state index contributed by atoms with van der Waals surface area (Å²) in [6.45, 7) is 2.50. The lowest BCUT2D eigenvalue weighted by molar-refractivity contribution is -0.432. The first kappa shape index (κ1) is 39.7. The Morgan fingerprint density at radius 3 is 1.65 bits per heavy atom. The molecule has 0 amide bonds. The Balaban J connectivity index is 1.28. The van der Waals surface area contributed by atoms with Crippen LogP contribution in [-0.2, 0) is 21.7 Å². The molecule has 2 fully saturated rings. The van der Waals surface area contributed by atoms with Crippen LogP contribution in [0.2, 0.25) is 0 Å². The van der Waals surface area contributed by atoms with Gasteiger partial charge in [-0.05, 0) is 78.8 Å². The van der Waals surface area contributed by atoms with Crippen molar-refractivity contribution in [3.8, 4) is 16.9 Å². The Morgan fingerprint density at radius 1 is 0.635 bits per heavy atom. The van der Waals surface area contributed by atoms with Gasteiger partial charge < -0.3 is 9.47 Å². The van der Waals surface area contributed by atoms with Crippen LogP contribution in [0.15, 0.2) is 36.4 Å². The summed E-state index contributed by atoms with van der Waals surface area (Å²) in [5, 5.41) is 0. The van der Waals surface area contributed by atoms with Crippen molar-refractivity contribution in [2.75, 3.05) is 6.61 Å². The molecule has 1 aliphatic carbocycles. The van der Waals surface area contributed by atoms with Gasteiger partial charge in [0.2, 0.25) is 0 Å². The number of benzene rings is 3. The highest BCUT2D eigenvalue weighted by Gasteiger charge is 2.50. The summed E-state index contributed by atoms with van der Waals surface area (Å²) >= 11 is 0. The van der Waals surface area contributed by atoms with Crippen molar-refractivity contribution >= 4 is 0 Å². The summed E-state index contributed by atoms with van der Waals surface area (Å²) in [4.78, 5) is 0. The maximum absolute atomic E-state index is 15.1. The molecular formula is C36H33F13O3. The van der Waals surface area contributed by atoms with Gasteiger partial charge in [0.25, 0.3) is 0 Å². The van der Waals surface area contributed by atoms with E-state index in [1.807, 2.05) is 0 Å². The first-order chi connectivity index (χ1) is 24.3. The molecule has 1 heterocycles. The van der Waals surface area contributed by atoms with E-state index in [-0.39, 0.29) is 35.7 Å². The average Bonchev–Trinajstić information content (AvgIpc) is 3.01. The van der Waals surface area contributed by atoms with E-state index in [4.69, 9.17) is 4.74 Å². The molecule has 3 nitrogen and oxygen atoms in total. The molecule has 52 heavy (non-hydrogen) atoms. The average molecular weight is 761 g/mol. The van der Waals surface area contributed by atoms with Crippen LogP contribution < -0.4 is 4.74 Å². The smallest absolute Gasteiger partial charge is 0.429 e. The zero-order valence-corrected chi connectivity index (χ0v) is 27.5. The van der Waals surface area contributed by atoms with Gasteiger partial charge in [0.1, 0.15) is 51.8 Å². The summed E-state index contributed by atoms with van der Waals surface area (Å²) in [7, 11) is 0. The predicted molar refractivity (Wildman–Crippen MR) is 160 cm³/mol. The Labute approximate surface area is 290 Å². The van der Waals surface area contributed by atoms with E-state index < -0.39 is 87.6 Å². The van der Waals surface area contributed by atoms with Crippen LogP contribution >= 0.6 is 0 Å². The topological polar surface area (TPSA) is 27.7 Å². The van der Waals surface area contributed by atoms with Crippen LogP contribution in [0.5, 0.6) is 5.75 Å². The largest absolute Gasteiger partial charge is 0.527 e. The van der Waals surface area contributed by atoms with Gasteiger partial charge in [0, 0.05) is 12.1 Å². The molecule has 2 atom stereocenters. The lowest BCUT2D eigenvalue weighted by Crippen LogP contribution is -2.30.